The zero-order valence-corrected chi connectivity index (χ0v) is 17.1. The normalized spacial score (nSPS) is 11.0. The van der Waals surface area contributed by atoms with Crippen molar-refractivity contribution in [2.24, 2.45) is 5.14 Å². The van der Waals surface area contributed by atoms with Gasteiger partial charge >= 0.3 is 0 Å². The highest BCUT2D eigenvalue weighted by molar-refractivity contribution is 7.89. The molecule has 0 unspecified atom stereocenters. The minimum absolute atomic E-state index is 0.0214. The fourth-order valence-electron chi connectivity index (χ4n) is 2.82. The van der Waals surface area contributed by atoms with Gasteiger partial charge < -0.3 is 19.5 Å². The van der Waals surface area contributed by atoms with Gasteiger partial charge in [-0.25, -0.2) is 13.6 Å². The fraction of sp³-hybridized carbons (Fsp3) is 0.316. The van der Waals surface area contributed by atoms with E-state index in [9.17, 15) is 13.2 Å². The predicted octanol–water partition coefficient (Wildman–Crippen LogP) is 2.24. The Bertz CT molecular complexity index is 973. The van der Waals surface area contributed by atoms with Gasteiger partial charge in [0, 0.05) is 12.1 Å². The van der Waals surface area contributed by atoms with Crippen molar-refractivity contribution in [3.8, 4) is 17.2 Å². The van der Waals surface area contributed by atoms with E-state index in [1.165, 1.54) is 27.4 Å². The fourth-order valence-corrected chi connectivity index (χ4v) is 3.62. The van der Waals surface area contributed by atoms with E-state index < -0.39 is 10.0 Å². The number of benzene rings is 2. The Labute approximate surface area is 164 Å². The van der Waals surface area contributed by atoms with E-state index in [1.54, 1.807) is 31.2 Å². The number of anilines is 1. The van der Waals surface area contributed by atoms with Crippen molar-refractivity contribution in [3.05, 3.63) is 41.5 Å². The molecule has 8 nitrogen and oxygen atoms in total. The average molecular weight is 408 g/mol. The molecule has 0 aliphatic carbocycles. The monoisotopic (exact) mass is 408 g/mol. The maximum Gasteiger partial charge on any atom is 0.238 e. The first-order valence-corrected chi connectivity index (χ1v) is 9.97. The highest BCUT2D eigenvalue weighted by Crippen LogP contribution is 2.40. The zero-order chi connectivity index (χ0) is 20.9. The number of ether oxygens (including phenoxy) is 3. The molecule has 2 rings (SSSR count). The summed E-state index contributed by atoms with van der Waals surface area (Å²) in [6.45, 7) is 1.63. The Hall–Kier alpha value is -2.78. The summed E-state index contributed by atoms with van der Waals surface area (Å²) in [5.74, 6) is 1.21. The number of carbonyl (C=O) groups is 1. The van der Waals surface area contributed by atoms with Gasteiger partial charge in [0.1, 0.15) is 0 Å². The number of amides is 1. The van der Waals surface area contributed by atoms with Gasteiger partial charge in [-0.1, -0.05) is 12.1 Å². The van der Waals surface area contributed by atoms with Crippen molar-refractivity contribution < 1.29 is 27.4 Å². The molecule has 0 fully saturated rings. The number of methoxy groups -OCH3 is 3. The van der Waals surface area contributed by atoms with Crippen molar-refractivity contribution in [1.29, 1.82) is 0 Å². The maximum absolute atomic E-state index is 12.3. The molecule has 0 bridgehead atoms. The van der Waals surface area contributed by atoms with Crippen LogP contribution in [0.1, 0.15) is 17.5 Å². The molecule has 0 saturated carbocycles. The van der Waals surface area contributed by atoms with E-state index in [1.807, 2.05) is 0 Å². The van der Waals surface area contributed by atoms with E-state index in [-0.39, 0.29) is 17.2 Å². The highest BCUT2D eigenvalue weighted by Gasteiger charge is 2.17. The van der Waals surface area contributed by atoms with Crippen LogP contribution in [-0.2, 0) is 21.2 Å². The number of nitrogens with one attached hydrogen (secondary N) is 1. The second-order valence-electron chi connectivity index (χ2n) is 6.07. The lowest BCUT2D eigenvalue weighted by Crippen LogP contribution is -2.16. The number of hydrogen-bond acceptors (Lipinski definition) is 6. The Morgan fingerprint density at radius 2 is 1.71 bits per heavy atom. The second kappa shape index (κ2) is 8.94. The number of aryl methyl sites for hydroxylation is 2. The Morgan fingerprint density at radius 3 is 2.29 bits per heavy atom. The lowest BCUT2D eigenvalue weighted by molar-refractivity contribution is -0.116. The van der Waals surface area contributed by atoms with Crippen LogP contribution in [-0.4, -0.2) is 35.7 Å². The van der Waals surface area contributed by atoms with Crippen molar-refractivity contribution in [1.82, 2.24) is 0 Å². The third-order valence-electron chi connectivity index (χ3n) is 4.19. The highest BCUT2D eigenvalue weighted by atomic mass is 32.2. The van der Waals surface area contributed by atoms with Crippen LogP contribution in [0.25, 0.3) is 0 Å². The van der Waals surface area contributed by atoms with Crippen LogP contribution in [0.5, 0.6) is 17.2 Å². The molecule has 2 aromatic rings. The number of nitrogens with two attached hydrogens (primary N) is 1. The third-order valence-corrected chi connectivity index (χ3v) is 5.24. The summed E-state index contributed by atoms with van der Waals surface area (Å²) in [6, 6.07) is 8.11. The molecule has 0 saturated heterocycles. The molecule has 2 aromatic carbocycles. The minimum Gasteiger partial charge on any atom is -0.493 e. The number of rotatable bonds is 8. The minimum atomic E-state index is -3.86. The van der Waals surface area contributed by atoms with E-state index in [4.69, 9.17) is 19.3 Å². The van der Waals surface area contributed by atoms with Gasteiger partial charge in [0.05, 0.1) is 26.2 Å². The molecule has 0 spiro atoms. The topological polar surface area (TPSA) is 117 Å². The van der Waals surface area contributed by atoms with E-state index in [2.05, 4.69) is 5.32 Å². The maximum atomic E-state index is 12.3. The smallest absolute Gasteiger partial charge is 0.238 e. The summed E-state index contributed by atoms with van der Waals surface area (Å²) in [6.07, 6.45) is 0.549. The third kappa shape index (κ3) is 4.93. The van der Waals surface area contributed by atoms with E-state index in [0.29, 0.717) is 34.9 Å². The lowest BCUT2D eigenvalue weighted by atomic mass is 10.1. The number of sulfonamides is 1. The molecule has 0 radical (unpaired) electrons. The lowest BCUT2D eigenvalue weighted by Gasteiger charge is -2.15. The SMILES string of the molecule is COc1ccc(CCC(=O)Nc2ccc(C)c(S(N)(=O)=O)c2)c(OC)c1OC. The van der Waals surface area contributed by atoms with Crippen molar-refractivity contribution in [2.75, 3.05) is 26.6 Å². The molecule has 0 aliphatic rings. The molecule has 9 heteroatoms. The van der Waals surface area contributed by atoms with E-state index >= 15 is 0 Å². The van der Waals surface area contributed by atoms with Crippen LogP contribution >= 0.6 is 0 Å². The van der Waals surface area contributed by atoms with Crippen molar-refractivity contribution >= 4 is 21.6 Å². The van der Waals surface area contributed by atoms with Gasteiger partial charge in [-0.05, 0) is 42.7 Å². The molecule has 0 aromatic heterocycles. The Morgan fingerprint density at radius 1 is 1.04 bits per heavy atom. The first kappa shape index (κ1) is 21.5. The first-order chi connectivity index (χ1) is 13.2. The summed E-state index contributed by atoms with van der Waals surface area (Å²) in [7, 11) is 0.693. The van der Waals surface area contributed by atoms with Gasteiger partial charge in [-0.3, -0.25) is 4.79 Å². The number of hydrogen-bond donors (Lipinski definition) is 2. The van der Waals surface area contributed by atoms with Gasteiger partial charge in [0.25, 0.3) is 0 Å². The molecule has 0 heterocycles. The largest absolute Gasteiger partial charge is 0.493 e. The number of carbonyl (C=O) groups excluding carboxylic acids is 1. The molecular formula is C19H24N2O6S. The summed E-state index contributed by atoms with van der Waals surface area (Å²) in [5, 5.41) is 7.88. The molecule has 28 heavy (non-hydrogen) atoms. The predicted molar refractivity (Wildman–Crippen MR) is 106 cm³/mol. The Balaban J connectivity index is 2.14. The van der Waals surface area contributed by atoms with Crippen molar-refractivity contribution in [3.63, 3.8) is 0 Å². The van der Waals surface area contributed by atoms with Crippen LogP contribution in [0.15, 0.2) is 35.2 Å². The van der Waals surface area contributed by atoms with Gasteiger partial charge in [0.2, 0.25) is 21.7 Å². The van der Waals surface area contributed by atoms with Crippen LogP contribution in [0.2, 0.25) is 0 Å². The molecule has 1 amide bonds. The summed E-state index contributed by atoms with van der Waals surface area (Å²) in [4.78, 5) is 12.3. The van der Waals surface area contributed by atoms with Crippen molar-refractivity contribution in [2.45, 2.75) is 24.7 Å². The zero-order valence-electron chi connectivity index (χ0n) is 16.2. The van der Waals surface area contributed by atoms with Crippen LogP contribution in [0.4, 0.5) is 5.69 Å². The molecule has 0 aliphatic heterocycles. The van der Waals surface area contributed by atoms with Gasteiger partial charge in [-0.15, -0.1) is 0 Å². The summed E-state index contributed by atoms with van der Waals surface area (Å²) >= 11 is 0. The molecular weight excluding hydrogens is 384 g/mol. The standard InChI is InChI=1S/C19H24N2O6S/c1-12-5-8-14(11-16(12)28(20,23)24)21-17(22)10-7-13-6-9-15(25-2)19(27-4)18(13)26-3/h5-6,8-9,11H,7,10H2,1-4H3,(H,21,22)(H2,20,23,24). The van der Waals surface area contributed by atoms with Gasteiger partial charge in [0.15, 0.2) is 11.5 Å². The van der Waals surface area contributed by atoms with Crippen LogP contribution in [0, 0.1) is 6.92 Å². The first-order valence-electron chi connectivity index (χ1n) is 8.42. The van der Waals surface area contributed by atoms with Crippen LogP contribution < -0.4 is 24.7 Å². The average Bonchev–Trinajstić information content (AvgIpc) is 2.65. The quantitative estimate of drug-likeness (QED) is 0.692. The Kier molecular flexibility index (Phi) is 6.87. The summed E-state index contributed by atoms with van der Waals surface area (Å²) < 4.78 is 39.2. The van der Waals surface area contributed by atoms with E-state index in [0.717, 1.165) is 5.56 Å². The second-order valence-corrected chi connectivity index (χ2v) is 7.60. The molecule has 0 atom stereocenters. The molecule has 152 valence electrons. The number of primary sulfonamides is 1. The summed E-state index contributed by atoms with van der Waals surface area (Å²) in [5.41, 5.74) is 1.65. The molecule has 3 N–H and O–H groups in total. The van der Waals surface area contributed by atoms with Crippen LogP contribution in [0.3, 0.4) is 0 Å². The van der Waals surface area contributed by atoms with Gasteiger partial charge in [-0.2, -0.15) is 0 Å².